The Bertz CT molecular complexity index is 596. The highest BCUT2D eigenvalue weighted by atomic mass is 19.3. The number of rotatable bonds is 5. The van der Waals surface area contributed by atoms with Gasteiger partial charge in [-0.25, -0.2) is 8.78 Å². The van der Waals surface area contributed by atoms with Gasteiger partial charge in [0, 0.05) is 32.5 Å². The van der Waals surface area contributed by atoms with E-state index in [1.807, 2.05) is 4.90 Å². The van der Waals surface area contributed by atoms with Gasteiger partial charge in [0.15, 0.2) is 0 Å². The molecule has 2 aliphatic rings. The van der Waals surface area contributed by atoms with Gasteiger partial charge in [0.25, 0.3) is 5.92 Å². The van der Waals surface area contributed by atoms with Crippen LogP contribution in [0.25, 0.3) is 0 Å². The molecule has 25 heavy (non-hydrogen) atoms. The lowest BCUT2D eigenvalue weighted by atomic mass is 10.0. The summed E-state index contributed by atoms with van der Waals surface area (Å²) in [6.45, 7) is 1.96. The molecule has 138 valence electrons. The third kappa shape index (κ3) is 4.78. The van der Waals surface area contributed by atoms with Crippen LogP contribution in [0.4, 0.5) is 8.78 Å². The molecular formula is C17H23F2N3O3. The van der Waals surface area contributed by atoms with Crippen molar-refractivity contribution in [3.05, 3.63) is 24.2 Å². The molecule has 0 aromatic carbocycles. The zero-order chi connectivity index (χ0) is 17.9. The van der Waals surface area contributed by atoms with E-state index < -0.39 is 5.92 Å². The first-order valence-corrected chi connectivity index (χ1v) is 8.61. The van der Waals surface area contributed by atoms with Crippen molar-refractivity contribution in [2.45, 2.75) is 31.7 Å². The van der Waals surface area contributed by atoms with Crippen LogP contribution in [0, 0.1) is 5.92 Å². The number of alkyl halides is 2. The number of likely N-dealkylation sites (tertiary alicyclic amines) is 2. The third-order valence-electron chi connectivity index (χ3n) is 4.84. The molecule has 0 aliphatic carbocycles. The molecule has 3 heterocycles. The van der Waals surface area contributed by atoms with Crippen LogP contribution in [0.1, 0.15) is 25.0 Å². The second kappa shape index (κ2) is 7.51. The average molecular weight is 355 g/mol. The summed E-state index contributed by atoms with van der Waals surface area (Å²) in [7, 11) is 0. The van der Waals surface area contributed by atoms with Gasteiger partial charge in [-0.15, -0.1) is 0 Å². The summed E-state index contributed by atoms with van der Waals surface area (Å²) < 4.78 is 31.6. The minimum absolute atomic E-state index is 0.0611. The largest absolute Gasteiger partial charge is 0.467 e. The molecule has 2 saturated heterocycles. The number of halogens is 2. The van der Waals surface area contributed by atoms with Crippen molar-refractivity contribution in [3.8, 4) is 0 Å². The molecule has 3 rings (SSSR count). The number of nitrogens with zero attached hydrogens (tertiary/aromatic N) is 2. The highest BCUT2D eigenvalue weighted by Gasteiger charge is 2.38. The molecule has 0 spiro atoms. The summed E-state index contributed by atoms with van der Waals surface area (Å²) in [4.78, 5) is 27.9. The Labute approximate surface area is 145 Å². The van der Waals surface area contributed by atoms with Crippen LogP contribution in [0.15, 0.2) is 22.8 Å². The molecule has 2 amide bonds. The quantitative estimate of drug-likeness (QED) is 0.869. The lowest BCUT2D eigenvalue weighted by Gasteiger charge is -2.33. The van der Waals surface area contributed by atoms with Crippen LogP contribution >= 0.6 is 0 Å². The van der Waals surface area contributed by atoms with Gasteiger partial charge in [-0.3, -0.25) is 14.5 Å². The first-order valence-electron chi connectivity index (χ1n) is 8.61. The number of hydrogen-bond donors (Lipinski definition) is 1. The molecule has 0 saturated carbocycles. The molecular weight excluding hydrogens is 332 g/mol. The standard InChI is InChI=1S/C17H23F2N3O3/c18-17(19)4-7-22(8-5-17)16(24)13-3-6-21(11-13)12-15(23)20-10-14-2-1-9-25-14/h1-2,9,13H,3-8,10-12H2,(H,20,23). The van der Waals surface area contributed by atoms with Crippen molar-refractivity contribution in [1.82, 2.24) is 15.1 Å². The molecule has 6 nitrogen and oxygen atoms in total. The Morgan fingerprint density at radius 1 is 1.28 bits per heavy atom. The highest BCUT2D eigenvalue weighted by molar-refractivity contribution is 5.80. The lowest BCUT2D eigenvalue weighted by Crippen LogP contribution is -2.45. The van der Waals surface area contributed by atoms with E-state index in [0.29, 0.717) is 31.8 Å². The third-order valence-corrected chi connectivity index (χ3v) is 4.84. The van der Waals surface area contributed by atoms with Crippen molar-refractivity contribution in [2.24, 2.45) is 5.92 Å². The number of piperidine rings is 1. The summed E-state index contributed by atoms with van der Waals surface area (Å²) in [5, 5.41) is 2.78. The van der Waals surface area contributed by atoms with Crippen LogP contribution in [0.2, 0.25) is 0 Å². The number of carbonyl (C=O) groups is 2. The molecule has 2 aliphatic heterocycles. The average Bonchev–Trinajstić information content (AvgIpc) is 3.24. The van der Waals surface area contributed by atoms with Crippen molar-refractivity contribution < 1.29 is 22.8 Å². The minimum Gasteiger partial charge on any atom is -0.467 e. The summed E-state index contributed by atoms with van der Waals surface area (Å²) in [6, 6.07) is 3.54. The summed E-state index contributed by atoms with van der Waals surface area (Å²) in [5.41, 5.74) is 0. The molecule has 1 atom stereocenters. The molecule has 8 heteroatoms. The van der Waals surface area contributed by atoms with Crippen LogP contribution < -0.4 is 5.32 Å². The van der Waals surface area contributed by atoms with Crippen molar-refractivity contribution >= 4 is 11.8 Å². The van der Waals surface area contributed by atoms with Crippen LogP contribution in [0.3, 0.4) is 0 Å². The zero-order valence-corrected chi connectivity index (χ0v) is 14.0. The van der Waals surface area contributed by atoms with E-state index in [2.05, 4.69) is 5.32 Å². The summed E-state index contributed by atoms with van der Waals surface area (Å²) in [5.74, 6) is -2.35. The number of carbonyl (C=O) groups excluding carboxylic acids is 2. The molecule has 1 unspecified atom stereocenters. The maximum absolute atomic E-state index is 13.2. The Morgan fingerprint density at radius 3 is 2.72 bits per heavy atom. The molecule has 0 radical (unpaired) electrons. The van der Waals surface area contributed by atoms with E-state index in [9.17, 15) is 18.4 Å². The van der Waals surface area contributed by atoms with Crippen LogP contribution in [-0.4, -0.2) is 60.3 Å². The number of amides is 2. The normalized spacial score (nSPS) is 23.6. The first kappa shape index (κ1) is 17.8. The fourth-order valence-corrected chi connectivity index (χ4v) is 3.35. The molecule has 0 bridgehead atoms. The zero-order valence-electron chi connectivity index (χ0n) is 14.0. The summed E-state index contributed by atoms with van der Waals surface area (Å²) in [6.07, 6.45) is 1.69. The van der Waals surface area contributed by atoms with E-state index in [1.165, 1.54) is 0 Å². The second-order valence-corrected chi connectivity index (χ2v) is 6.76. The van der Waals surface area contributed by atoms with Gasteiger partial charge in [-0.2, -0.15) is 0 Å². The predicted molar refractivity (Wildman–Crippen MR) is 85.9 cm³/mol. The van der Waals surface area contributed by atoms with E-state index in [4.69, 9.17) is 4.42 Å². The fraction of sp³-hybridized carbons (Fsp3) is 0.647. The SMILES string of the molecule is O=C(CN1CCC(C(=O)N2CCC(F)(F)CC2)C1)NCc1ccco1. The van der Waals surface area contributed by atoms with Gasteiger partial charge in [0.2, 0.25) is 11.8 Å². The summed E-state index contributed by atoms with van der Waals surface area (Å²) >= 11 is 0. The van der Waals surface area contributed by atoms with Crippen LogP contribution in [0.5, 0.6) is 0 Å². The predicted octanol–water partition coefficient (Wildman–Crippen LogP) is 1.48. The minimum atomic E-state index is -2.65. The Kier molecular flexibility index (Phi) is 5.36. The Balaban J connectivity index is 1.40. The van der Waals surface area contributed by atoms with Crippen molar-refractivity contribution in [2.75, 3.05) is 32.7 Å². The monoisotopic (exact) mass is 355 g/mol. The topological polar surface area (TPSA) is 65.8 Å². The number of furan rings is 1. The number of nitrogens with one attached hydrogen (secondary N) is 1. The van der Waals surface area contributed by atoms with Gasteiger partial charge >= 0.3 is 0 Å². The maximum Gasteiger partial charge on any atom is 0.251 e. The highest BCUT2D eigenvalue weighted by Crippen LogP contribution is 2.29. The molecule has 2 fully saturated rings. The van der Waals surface area contributed by atoms with Crippen molar-refractivity contribution in [1.29, 1.82) is 0 Å². The van der Waals surface area contributed by atoms with Crippen LogP contribution in [-0.2, 0) is 16.1 Å². The van der Waals surface area contributed by atoms with Gasteiger partial charge in [0.05, 0.1) is 25.3 Å². The lowest BCUT2D eigenvalue weighted by molar-refractivity contribution is -0.141. The fourth-order valence-electron chi connectivity index (χ4n) is 3.35. The first-order chi connectivity index (χ1) is 11.9. The smallest absolute Gasteiger partial charge is 0.251 e. The van der Waals surface area contributed by atoms with Gasteiger partial charge < -0.3 is 14.6 Å². The molecule has 1 aromatic rings. The van der Waals surface area contributed by atoms with Gasteiger partial charge in [-0.1, -0.05) is 0 Å². The Hall–Kier alpha value is -1.96. The van der Waals surface area contributed by atoms with Crippen molar-refractivity contribution in [3.63, 3.8) is 0 Å². The maximum atomic E-state index is 13.2. The Morgan fingerprint density at radius 2 is 2.04 bits per heavy atom. The van der Waals surface area contributed by atoms with E-state index in [-0.39, 0.29) is 50.2 Å². The number of hydrogen-bond acceptors (Lipinski definition) is 4. The van der Waals surface area contributed by atoms with Gasteiger partial charge in [-0.05, 0) is 25.1 Å². The molecule has 1 aromatic heterocycles. The van der Waals surface area contributed by atoms with E-state index in [0.717, 1.165) is 0 Å². The van der Waals surface area contributed by atoms with Gasteiger partial charge in [0.1, 0.15) is 5.76 Å². The van der Waals surface area contributed by atoms with E-state index in [1.54, 1.807) is 23.3 Å². The second-order valence-electron chi connectivity index (χ2n) is 6.76. The molecule has 1 N–H and O–H groups in total. The van der Waals surface area contributed by atoms with E-state index >= 15 is 0 Å².